The second-order valence-electron chi connectivity index (χ2n) is 7.01. The molecule has 1 aliphatic rings. The van der Waals surface area contributed by atoms with Crippen LogP contribution >= 0.6 is 15.9 Å². The van der Waals surface area contributed by atoms with Gasteiger partial charge in [-0.15, -0.1) is 0 Å². The molecule has 0 radical (unpaired) electrons. The zero-order valence-electron chi connectivity index (χ0n) is 16.1. The Morgan fingerprint density at radius 1 is 1.00 bits per heavy atom. The molecule has 5 nitrogen and oxygen atoms in total. The van der Waals surface area contributed by atoms with Crippen molar-refractivity contribution in [1.29, 1.82) is 0 Å². The maximum absolute atomic E-state index is 13.4. The molecule has 2 heterocycles. The highest BCUT2D eigenvalue weighted by molar-refractivity contribution is 9.10. The summed E-state index contributed by atoms with van der Waals surface area (Å²) in [4.78, 5) is 18.1. The van der Waals surface area contributed by atoms with E-state index >= 15 is 0 Å². The van der Waals surface area contributed by atoms with Crippen LogP contribution in [0.25, 0.3) is 28.7 Å². The van der Waals surface area contributed by atoms with Gasteiger partial charge in [0.1, 0.15) is 5.82 Å². The van der Waals surface area contributed by atoms with E-state index in [9.17, 15) is 4.79 Å². The minimum Gasteiger partial charge on any atom is -0.454 e. The lowest BCUT2D eigenvalue weighted by molar-refractivity contribution is 0.174. The Morgan fingerprint density at radius 3 is 2.70 bits per heavy atom. The molecule has 4 aromatic rings. The van der Waals surface area contributed by atoms with Crippen molar-refractivity contribution in [1.82, 2.24) is 9.55 Å². The number of para-hydroxylation sites is 1. The highest BCUT2D eigenvalue weighted by atomic mass is 79.9. The first-order valence-corrected chi connectivity index (χ1v) is 10.3. The lowest BCUT2D eigenvalue weighted by Gasteiger charge is -2.12. The van der Waals surface area contributed by atoms with Gasteiger partial charge in [0.2, 0.25) is 6.79 Å². The molecule has 0 unspecified atom stereocenters. The maximum atomic E-state index is 13.4. The van der Waals surface area contributed by atoms with E-state index in [2.05, 4.69) is 15.9 Å². The van der Waals surface area contributed by atoms with E-state index in [1.54, 1.807) is 10.6 Å². The molecular weight excluding hydrogens is 444 g/mol. The summed E-state index contributed by atoms with van der Waals surface area (Å²) in [6, 6.07) is 18.9. The van der Waals surface area contributed by atoms with E-state index in [0.29, 0.717) is 22.5 Å². The van der Waals surface area contributed by atoms with Gasteiger partial charge in [0, 0.05) is 4.47 Å². The van der Waals surface area contributed by atoms with Crippen LogP contribution in [0.1, 0.15) is 17.0 Å². The van der Waals surface area contributed by atoms with Gasteiger partial charge >= 0.3 is 0 Å². The number of halogens is 1. The molecule has 5 rings (SSSR count). The van der Waals surface area contributed by atoms with Crippen molar-refractivity contribution in [2.45, 2.75) is 6.92 Å². The quantitative estimate of drug-likeness (QED) is 0.413. The number of aryl methyl sites for hydroxylation is 1. The Kier molecular flexibility index (Phi) is 4.64. The minimum absolute atomic E-state index is 0.104. The predicted octanol–water partition coefficient (Wildman–Crippen LogP) is 5.36. The van der Waals surface area contributed by atoms with Gasteiger partial charge in [0.15, 0.2) is 11.5 Å². The third-order valence-corrected chi connectivity index (χ3v) is 5.91. The summed E-state index contributed by atoms with van der Waals surface area (Å²) < 4.78 is 13.5. The first-order valence-electron chi connectivity index (χ1n) is 9.46. The number of benzene rings is 3. The fourth-order valence-corrected chi connectivity index (χ4v) is 3.71. The highest BCUT2D eigenvalue weighted by Crippen LogP contribution is 2.33. The van der Waals surface area contributed by atoms with Crippen molar-refractivity contribution in [2.75, 3.05) is 6.79 Å². The SMILES string of the molecule is Cc1cc(-n2c(C=Cc3ccc4c(c3)OCO4)nc3ccccc3c2=O)ccc1Br. The first-order chi connectivity index (χ1) is 14.6. The molecule has 0 N–H and O–H groups in total. The van der Waals surface area contributed by atoms with Gasteiger partial charge < -0.3 is 9.47 Å². The van der Waals surface area contributed by atoms with Gasteiger partial charge in [-0.3, -0.25) is 9.36 Å². The van der Waals surface area contributed by atoms with Gasteiger partial charge in [-0.1, -0.05) is 40.2 Å². The Morgan fingerprint density at radius 2 is 1.83 bits per heavy atom. The second-order valence-corrected chi connectivity index (χ2v) is 7.86. The van der Waals surface area contributed by atoms with Crippen molar-refractivity contribution in [3.63, 3.8) is 0 Å². The summed E-state index contributed by atoms with van der Waals surface area (Å²) in [5.74, 6) is 2.00. The van der Waals surface area contributed by atoms with E-state index in [1.807, 2.05) is 73.7 Å². The Balaban J connectivity index is 1.68. The van der Waals surface area contributed by atoms with Crippen molar-refractivity contribution in [3.05, 3.63) is 92.4 Å². The van der Waals surface area contributed by atoms with Gasteiger partial charge in [-0.25, -0.2) is 4.98 Å². The van der Waals surface area contributed by atoms with Crippen LogP contribution in [-0.2, 0) is 0 Å². The molecule has 0 bridgehead atoms. The van der Waals surface area contributed by atoms with Crippen LogP contribution in [0, 0.1) is 6.92 Å². The van der Waals surface area contributed by atoms with E-state index in [4.69, 9.17) is 14.5 Å². The molecule has 148 valence electrons. The molecule has 0 atom stereocenters. The molecule has 1 aliphatic heterocycles. The van der Waals surface area contributed by atoms with Gasteiger partial charge in [-0.2, -0.15) is 0 Å². The van der Waals surface area contributed by atoms with E-state index in [-0.39, 0.29) is 12.4 Å². The fraction of sp³-hybridized carbons (Fsp3) is 0.0833. The van der Waals surface area contributed by atoms with Gasteiger partial charge in [0.25, 0.3) is 5.56 Å². The number of nitrogens with zero attached hydrogens (tertiary/aromatic N) is 2. The zero-order chi connectivity index (χ0) is 20.7. The normalized spacial score (nSPS) is 12.7. The topological polar surface area (TPSA) is 53.4 Å². The minimum atomic E-state index is -0.104. The third kappa shape index (κ3) is 3.29. The zero-order valence-corrected chi connectivity index (χ0v) is 17.7. The average Bonchev–Trinajstić information content (AvgIpc) is 3.22. The lowest BCUT2D eigenvalue weighted by atomic mass is 10.1. The van der Waals surface area contributed by atoms with Crippen LogP contribution < -0.4 is 15.0 Å². The summed E-state index contributed by atoms with van der Waals surface area (Å²) in [5, 5.41) is 0.582. The number of aromatic nitrogens is 2. The van der Waals surface area contributed by atoms with Gasteiger partial charge in [0.05, 0.1) is 16.6 Å². The molecule has 30 heavy (non-hydrogen) atoms. The van der Waals surface area contributed by atoms with Crippen LogP contribution in [0.3, 0.4) is 0 Å². The molecule has 0 fully saturated rings. The fourth-order valence-electron chi connectivity index (χ4n) is 3.47. The molecule has 1 aromatic heterocycles. The standard InChI is InChI=1S/C24H17BrN2O3/c1-15-12-17(8-9-19(15)25)27-23(26-20-5-3-2-4-18(20)24(27)28)11-7-16-6-10-21-22(13-16)30-14-29-21/h2-13H,14H2,1H3. The summed E-state index contributed by atoms with van der Waals surface area (Å²) in [5.41, 5.74) is 3.30. The molecule has 0 spiro atoms. The predicted molar refractivity (Wildman–Crippen MR) is 121 cm³/mol. The number of rotatable bonds is 3. The second kappa shape index (κ2) is 7.46. The summed E-state index contributed by atoms with van der Waals surface area (Å²) in [6.45, 7) is 2.23. The number of fused-ring (bicyclic) bond motifs is 2. The average molecular weight is 461 g/mol. The van der Waals surface area contributed by atoms with Crippen LogP contribution in [0.15, 0.2) is 69.9 Å². The molecule has 0 saturated carbocycles. The van der Waals surface area contributed by atoms with Crippen LogP contribution in [0.4, 0.5) is 0 Å². The van der Waals surface area contributed by atoms with Crippen molar-refractivity contribution in [3.8, 4) is 17.2 Å². The maximum Gasteiger partial charge on any atom is 0.266 e. The first kappa shape index (κ1) is 18.6. The van der Waals surface area contributed by atoms with Crippen LogP contribution in [0.2, 0.25) is 0 Å². The number of hydrogen-bond donors (Lipinski definition) is 0. The highest BCUT2D eigenvalue weighted by Gasteiger charge is 2.14. The van der Waals surface area contributed by atoms with Crippen molar-refractivity contribution >= 4 is 39.0 Å². The molecule has 0 amide bonds. The van der Waals surface area contributed by atoms with E-state index in [0.717, 1.165) is 27.0 Å². The molecule has 3 aromatic carbocycles. The lowest BCUT2D eigenvalue weighted by Crippen LogP contribution is -2.22. The third-order valence-electron chi connectivity index (χ3n) is 5.02. The summed E-state index contributed by atoms with van der Waals surface area (Å²) in [6.07, 6.45) is 3.77. The summed E-state index contributed by atoms with van der Waals surface area (Å²) in [7, 11) is 0. The van der Waals surface area contributed by atoms with Crippen molar-refractivity contribution < 1.29 is 9.47 Å². The molecule has 0 saturated heterocycles. The van der Waals surface area contributed by atoms with Crippen LogP contribution in [-0.4, -0.2) is 16.3 Å². The van der Waals surface area contributed by atoms with Crippen LogP contribution in [0.5, 0.6) is 11.5 Å². The van der Waals surface area contributed by atoms with Gasteiger partial charge in [-0.05, 0) is 66.6 Å². The molecular formula is C24H17BrN2O3. The van der Waals surface area contributed by atoms with E-state index in [1.165, 1.54) is 0 Å². The summed E-state index contributed by atoms with van der Waals surface area (Å²) >= 11 is 3.53. The Hall–Kier alpha value is -3.38. The smallest absolute Gasteiger partial charge is 0.266 e. The van der Waals surface area contributed by atoms with E-state index < -0.39 is 0 Å². The van der Waals surface area contributed by atoms with Crippen molar-refractivity contribution in [2.24, 2.45) is 0 Å². The molecule has 0 aliphatic carbocycles. The Bertz CT molecular complexity index is 1370. The molecule has 6 heteroatoms. The Labute approximate surface area is 181 Å². The monoisotopic (exact) mass is 460 g/mol. The largest absolute Gasteiger partial charge is 0.454 e. The number of ether oxygens (including phenoxy) is 2. The number of hydrogen-bond acceptors (Lipinski definition) is 4.